The van der Waals surface area contributed by atoms with Gasteiger partial charge in [-0.15, -0.1) is 0 Å². The van der Waals surface area contributed by atoms with E-state index in [1.807, 2.05) is 13.8 Å². The van der Waals surface area contributed by atoms with Crippen molar-refractivity contribution in [3.8, 4) is 0 Å². The summed E-state index contributed by atoms with van der Waals surface area (Å²) in [5.74, 6) is 0. The normalized spacial score (nSPS) is 12.6. The zero-order chi connectivity index (χ0) is 15.1. The van der Waals surface area contributed by atoms with Crippen molar-refractivity contribution < 1.29 is 9.66 Å². The van der Waals surface area contributed by atoms with Crippen LogP contribution < -0.4 is 5.32 Å². The van der Waals surface area contributed by atoms with E-state index in [9.17, 15) is 10.1 Å². The predicted molar refractivity (Wildman–Crippen MR) is 77.0 cm³/mol. The smallest absolute Gasteiger partial charge is 0.313 e. The number of likely N-dealkylation sites (N-methyl/N-ethyl adjacent to an activating group) is 1. The number of nitro groups is 1. The Balaban J connectivity index is 3.08. The molecule has 0 saturated carbocycles. The zero-order valence-electron chi connectivity index (χ0n) is 12.7. The molecular weight excluding hydrogens is 260 g/mol. The minimum Gasteiger partial charge on any atom is -0.383 e. The summed E-state index contributed by atoms with van der Waals surface area (Å²) < 4.78 is 6.93. The van der Waals surface area contributed by atoms with Crippen molar-refractivity contribution in [2.45, 2.75) is 46.2 Å². The lowest BCUT2D eigenvalue weighted by atomic mass is 10.1. The van der Waals surface area contributed by atoms with Crippen molar-refractivity contribution >= 4 is 5.69 Å². The highest BCUT2D eigenvalue weighted by molar-refractivity contribution is 5.41. The number of hydrogen-bond acceptors (Lipinski definition) is 5. The van der Waals surface area contributed by atoms with Gasteiger partial charge in [-0.3, -0.25) is 14.8 Å². The maximum absolute atomic E-state index is 11.3. The molecule has 7 nitrogen and oxygen atoms in total. The van der Waals surface area contributed by atoms with Gasteiger partial charge in [-0.05, 0) is 19.9 Å². The molecule has 1 N–H and O–H groups in total. The Labute approximate surface area is 119 Å². The van der Waals surface area contributed by atoms with E-state index in [4.69, 9.17) is 4.74 Å². The molecule has 0 amide bonds. The van der Waals surface area contributed by atoms with E-state index >= 15 is 0 Å². The predicted octanol–water partition coefficient (Wildman–Crippen LogP) is 1.68. The lowest BCUT2D eigenvalue weighted by molar-refractivity contribution is -0.386. The fourth-order valence-electron chi connectivity index (χ4n) is 2.37. The molecule has 0 aliphatic heterocycles. The standard InChI is InChI=1S/C13H24N4O3/c1-5-7-16-12(8-11(9-20-4)14-6-2)13(17(18)19)10(3)15-16/h11,14H,5-9H2,1-4H3. The van der Waals surface area contributed by atoms with Gasteiger partial charge in [0, 0.05) is 26.1 Å². The van der Waals surface area contributed by atoms with E-state index in [2.05, 4.69) is 10.4 Å². The van der Waals surface area contributed by atoms with Crippen molar-refractivity contribution in [1.29, 1.82) is 0 Å². The first kappa shape index (κ1) is 16.6. The minimum absolute atomic E-state index is 0.0513. The van der Waals surface area contributed by atoms with Crippen LogP contribution in [-0.4, -0.2) is 41.0 Å². The van der Waals surface area contributed by atoms with E-state index in [-0.39, 0.29) is 16.7 Å². The molecular formula is C13H24N4O3. The Hall–Kier alpha value is -1.47. The van der Waals surface area contributed by atoms with E-state index in [1.165, 1.54) is 0 Å². The number of nitrogens with zero attached hydrogens (tertiary/aromatic N) is 3. The van der Waals surface area contributed by atoms with Crippen LogP contribution in [0.1, 0.15) is 31.7 Å². The molecule has 1 atom stereocenters. The number of rotatable bonds is 9. The van der Waals surface area contributed by atoms with Crippen LogP contribution in [0.25, 0.3) is 0 Å². The second-order valence-corrected chi connectivity index (χ2v) is 4.78. The number of methoxy groups -OCH3 is 1. The molecule has 1 rings (SSSR count). The Kier molecular flexibility index (Phi) is 6.60. The van der Waals surface area contributed by atoms with E-state index in [1.54, 1.807) is 18.7 Å². The fourth-order valence-corrected chi connectivity index (χ4v) is 2.37. The number of aromatic nitrogens is 2. The van der Waals surface area contributed by atoms with Crippen molar-refractivity contribution in [3.63, 3.8) is 0 Å². The maximum Gasteiger partial charge on any atom is 0.313 e. The first-order chi connectivity index (χ1) is 9.54. The molecule has 0 fully saturated rings. The summed E-state index contributed by atoms with van der Waals surface area (Å²) in [6, 6.07) is 0.0513. The van der Waals surface area contributed by atoms with Crippen LogP contribution in [0.2, 0.25) is 0 Å². The summed E-state index contributed by atoms with van der Waals surface area (Å²) in [4.78, 5) is 10.9. The van der Waals surface area contributed by atoms with E-state index in [0.29, 0.717) is 31.0 Å². The average Bonchev–Trinajstić information content (AvgIpc) is 2.67. The highest BCUT2D eigenvalue weighted by Gasteiger charge is 2.26. The van der Waals surface area contributed by atoms with Gasteiger partial charge in [0.2, 0.25) is 0 Å². The van der Waals surface area contributed by atoms with Gasteiger partial charge in [0.15, 0.2) is 0 Å². The summed E-state index contributed by atoms with van der Waals surface area (Å²) in [6.07, 6.45) is 1.43. The van der Waals surface area contributed by atoms with Crippen LogP contribution in [0.5, 0.6) is 0 Å². The monoisotopic (exact) mass is 284 g/mol. The molecule has 7 heteroatoms. The zero-order valence-corrected chi connectivity index (χ0v) is 12.7. The summed E-state index contributed by atoms with van der Waals surface area (Å²) in [5, 5.41) is 18.8. The lowest BCUT2D eigenvalue weighted by Gasteiger charge is -2.17. The third-order valence-corrected chi connectivity index (χ3v) is 3.12. The van der Waals surface area contributed by atoms with Crippen molar-refractivity contribution in [2.75, 3.05) is 20.3 Å². The average molecular weight is 284 g/mol. The third kappa shape index (κ3) is 4.01. The molecule has 0 aromatic carbocycles. The molecule has 20 heavy (non-hydrogen) atoms. The minimum atomic E-state index is -0.334. The Morgan fingerprint density at radius 3 is 2.70 bits per heavy atom. The summed E-state index contributed by atoms with van der Waals surface area (Å²) in [6.45, 7) is 7.72. The van der Waals surface area contributed by atoms with E-state index in [0.717, 1.165) is 13.0 Å². The van der Waals surface area contributed by atoms with Crippen LogP contribution in [0.4, 0.5) is 5.69 Å². The highest BCUT2D eigenvalue weighted by atomic mass is 16.6. The van der Waals surface area contributed by atoms with Gasteiger partial charge in [-0.25, -0.2) is 0 Å². The van der Waals surface area contributed by atoms with Gasteiger partial charge in [0.1, 0.15) is 11.4 Å². The Morgan fingerprint density at radius 1 is 1.50 bits per heavy atom. The maximum atomic E-state index is 11.3. The van der Waals surface area contributed by atoms with Gasteiger partial charge >= 0.3 is 5.69 Å². The lowest BCUT2D eigenvalue weighted by Crippen LogP contribution is -2.35. The van der Waals surface area contributed by atoms with Crippen molar-refractivity contribution in [2.24, 2.45) is 0 Å². The van der Waals surface area contributed by atoms with Gasteiger partial charge < -0.3 is 10.1 Å². The Bertz CT molecular complexity index is 439. The van der Waals surface area contributed by atoms with Crippen LogP contribution in [0, 0.1) is 17.0 Å². The largest absolute Gasteiger partial charge is 0.383 e. The molecule has 0 radical (unpaired) electrons. The highest BCUT2D eigenvalue weighted by Crippen LogP contribution is 2.24. The molecule has 114 valence electrons. The molecule has 1 unspecified atom stereocenters. The first-order valence-corrected chi connectivity index (χ1v) is 6.98. The first-order valence-electron chi connectivity index (χ1n) is 6.98. The number of nitrogens with one attached hydrogen (secondary N) is 1. The molecule has 1 aromatic rings. The second-order valence-electron chi connectivity index (χ2n) is 4.78. The van der Waals surface area contributed by atoms with Gasteiger partial charge in [-0.2, -0.15) is 5.10 Å². The molecule has 1 heterocycles. The van der Waals surface area contributed by atoms with Crippen molar-refractivity contribution in [1.82, 2.24) is 15.1 Å². The summed E-state index contributed by atoms with van der Waals surface area (Å²) >= 11 is 0. The fraction of sp³-hybridized carbons (Fsp3) is 0.769. The Morgan fingerprint density at radius 2 is 2.20 bits per heavy atom. The van der Waals surface area contributed by atoms with Gasteiger partial charge in [0.05, 0.1) is 11.5 Å². The topological polar surface area (TPSA) is 82.2 Å². The number of hydrogen-bond donors (Lipinski definition) is 1. The van der Waals surface area contributed by atoms with Crippen LogP contribution >= 0.6 is 0 Å². The van der Waals surface area contributed by atoms with Crippen LogP contribution in [-0.2, 0) is 17.7 Å². The van der Waals surface area contributed by atoms with E-state index < -0.39 is 0 Å². The second kappa shape index (κ2) is 7.96. The number of aryl methyl sites for hydroxylation is 2. The molecule has 0 bridgehead atoms. The van der Waals surface area contributed by atoms with Crippen LogP contribution in [0.3, 0.4) is 0 Å². The quantitative estimate of drug-likeness (QED) is 0.551. The molecule has 1 aromatic heterocycles. The number of ether oxygens (including phenoxy) is 1. The summed E-state index contributed by atoms with van der Waals surface area (Å²) in [7, 11) is 1.63. The molecule has 0 spiro atoms. The molecule has 0 aliphatic rings. The SMILES string of the molecule is CCCn1nc(C)c([N+](=O)[O-])c1CC(COC)NCC. The molecule has 0 saturated heterocycles. The summed E-state index contributed by atoms with van der Waals surface area (Å²) in [5.41, 5.74) is 1.29. The van der Waals surface area contributed by atoms with Gasteiger partial charge in [-0.1, -0.05) is 13.8 Å². The molecule has 0 aliphatic carbocycles. The van der Waals surface area contributed by atoms with Gasteiger partial charge in [0.25, 0.3) is 0 Å². The third-order valence-electron chi connectivity index (χ3n) is 3.12. The van der Waals surface area contributed by atoms with Crippen molar-refractivity contribution in [3.05, 3.63) is 21.5 Å². The van der Waals surface area contributed by atoms with Crippen LogP contribution in [0.15, 0.2) is 0 Å².